The maximum absolute atomic E-state index is 10.7. The molecule has 0 aromatic heterocycles. The fourth-order valence-corrected chi connectivity index (χ4v) is 1.84. The van der Waals surface area contributed by atoms with Gasteiger partial charge in [0.2, 0.25) is 0 Å². The Hall–Kier alpha value is -1.86. The van der Waals surface area contributed by atoms with Crippen molar-refractivity contribution in [2.45, 2.75) is 12.0 Å². The van der Waals surface area contributed by atoms with Crippen LogP contribution in [0.4, 0.5) is 17.1 Å². The number of benzene rings is 1. The maximum atomic E-state index is 10.7. The third-order valence-corrected chi connectivity index (χ3v) is 2.85. The molecule has 1 atom stereocenters. The molecule has 1 aliphatic rings. The van der Waals surface area contributed by atoms with Crippen molar-refractivity contribution in [2.24, 2.45) is 0 Å². The highest BCUT2D eigenvalue weighted by Gasteiger charge is 2.31. The standard InChI is InChI=1S/C11H15N3O4/c12-8-3-9(5-10(4-8)14(16)17)13-6-11(15)1-2-18-7-11/h3-5,13,15H,1-2,6-7,12H2. The van der Waals surface area contributed by atoms with Crippen LogP contribution in [0.2, 0.25) is 0 Å². The molecule has 1 aromatic carbocycles. The van der Waals surface area contributed by atoms with Crippen molar-refractivity contribution in [2.75, 3.05) is 30.8 Å². The van der Waals surface area contributed by atoms with Gasteiger partial charge in [0.25, 0.3) is 5.69 Å². The van der Waals surface area contributed by atoms with Crippen molar-refractivity contribution in [1.29, 1.82) is 0 Å². The Morgan fingerprint density at radius 2 is 2.33 bits per heavy atom. The Balaban J connectivity index is 2.07. The molecule has 1 heterocycles. The minimum absolute atomic E-state index is 0.0767. The zero-order valence-electron chi connectivity index (χ0n) is 9.76. The van der Waals surface area contributed by atoms with Gasteiger partial charge in [-0.05, 0) is 6.07 Å². The molecule has 4 N–H and O–H groups in total. The Morgan fingerprint density at radius 1 is 1.56 bits per heavy atom. The van der Waals surface area contributed by atoms with Gasteiger partial charge in [-0.25, -0.2) is 0 Å². The minimum atomic E-state index is -0.917. The van der Waals surface area contributed by atoms with Gasteiger partial charge in [0.05, 0.1) is 11.5 Å². The number of nitrogen functional groups attached to an aromatic ring is 1. The third-order valence-electron chi connectivity index (χ3n) is 2.85. The fourth-order valence-electron chi connectivity index (χ4n) is 1.84. The second-order valence-electron chi connectivity index (χ2n) is 4.45. The van der Waals surface area contributed by atoms with Gasteiger partial charge >= 0.3 is 0 Å². The van der Waals surface area contributed by atoms with Gasteiger partial charge < -0.3 is 20.9 Å². The lowest BCUT2D eigenvalue weighted by molar-refractivity contribution is -0.384. The molecule has 1 aromatic rings. The predicted molar refractivity (Wildman–Crippen MR) is 66.4 cm³/mol. The van der Waals surface area contributed by atoms with E-state index in [0.29, 0.717) is 24.4 Å². The summed E-state index contributed by atoms with van der Waals surface area (Å²) < 4.78 is 5.11. The first kappa shape index (κ1) is 12.6. The summed E-state index contributed by atoms with van der Waals surface area (Å²) in [5.41, 5.74) is 5.41. The summed E-state index contributed by atoms with van der Waals surface area (Å²) in [4.78, 5) is 10.2. The van der Waals surface area contributed by atoms with Crippen LogP contribution in [0.5, 0.6) is 0 Å². The minimum Gasteiger partial charge on any atom is -0.398 e. The number of aliphatic hydroxyl groups is 1. The van der Waals surface area contributed by atoms with Gasteiger partial charge in [0.15, 0.2) is 0 Å². The summed E-state index contributed by atoms with van der Waals surface area (Å²) in [7, 11) is 0. The van der Waals surface area contributed by atoms with E-state index in [1.807, 2.05) is 0 Å². The molecule has 7 nitrogen and oxygen atoms in total. The number of ether oxygens (including phenoxy) is 1. The lowest BCUT2D eigenvalue weighted by Gasteiger charge is -2.21. The van der Waals surface area contributed by atoms with E-state index in [0.717, 1.165) is 0 Å². The van der Waals surface area contributed by atoms with E-state index in [1.54, 1.807) is 6.07 Å². The summed E-state index contributed by atoms with van der Waals surface area (Å²) in [6.45, 7) is 1.06. The van der Waals surface area contributed by atoms with Gasteiger partial charge in [-0.2, -0.15) is 0 Å². The van der Waals surface area contributed by atoms with Gasteiger partial charge in [0.1, 0.15) is 5.60 Å². The lowest BCUT2D eigenvalue weighted by Crippen LogP contribution is -2.37. The van der Waals surface area contributed by atoms with Crippen LogP contribution in [0.1, 0.15) is 6.42 Å². The molecule has 0 aliphatic carbocycles. The van der Waals surface area contributed by atoms with E-state index in [-0.39, 0.29) is 18.8 Å². The molecule has 7 heteroatoms. The molecule has 98 valence electrons. The number of hydrogen-bond acceptors (Lipinski definition) is 6. The Labute approximate surface area is 104 Å². The van der Waals surface area contributed by atoms with Crippen LogP contribution < -0.4 is 11.1 Å². The van der Waals surface area contributed by atoms with Gasteiger partial charge in [-0.1, -0.05) is 0 Å². The highest BCUT2D eigenvalue weighted by molar-refractivity contribution is 5.61. The Morgan fingerprint density at radius 3 is 2.94 bits per heavy atom. The van der Waals surface area contributed by atoms with Crippen molar-refractivity contribution in [3.8, 4) is 0 Å². The van der Waals surface area contributed by atoms with Gasteiger partial charge in [-0.3, -0.25) is 10.1 Å². The fraction of sp³-hybridized carbons (Fsp3) is 0.455. The first-order chi connectivity index (χ1) is 8.48. The van der Waals surface area contributed by atoms with E-state index in [4.69, 9.17) is 10.5 Å². The van der Waals surface area contributed by atoms with Crippen molar-refractivity contribution in [3.05, 3.63) is 28.3 Å². The first-order valence-corrected chi connectivity index (χ1v) is 5.57. The average molecular weight is 253 g/mol. The monoisotopic (exact) mass is 253 g/mol. The number of nitro groups is 1. The predicted octanol–water partition coefficient (Wildman–Crippen LogP) is 0.740. The molecule has 18 heavy (non-hydrogen) atoms. The second kappa shape index (κ2) is 4.79. The summed E-state index contributed by atoms with van der Waals surface area (Å²) in [6.07, 6.45) is 0.546. The summed E-state index contributed by atoms with van der Waals surface area (Å²) >= 11 is 0. The highest BCUT2D eigenvalue weighted by atomic mass is 16.6. The van der Waals surface area contributed by atoms with Crippen molar-refractivity contribution in [1.82, 2.24) is 0 Å². The number of non-ortho nitro benzene ring substituents is 1. The van der Waals surface area contributed by atoms with Gasteiger partial charge in [0, 0.05) is 43.1 Å². The largest absolute Gasteiger partial charge is 0.398 e. The van der Waals surface area contributed by atoms with E-state index in [9.17, 15) is 15.2 Å². The molecule has 0 amide bonds. The average Bonchev–Trinajstić information content (AvgIpc) is 2.73. The zero-order chi connectivity index (χ0) is 13.2. The molecule has 0 radical (unpaired) electrons. The summed E-state index contributed by atoms with van der Waals surface area (Å²) in [5.74, 6) is 0. The number of nitrogens with two attached hydrogens (primary N) is 1. The Kier molecular flexibility index (Phi) is 3.35. The molecule has 1 unspecified atom stereocenters. The first-order valence-electron chi connectivity index (χ1n) is 5.57. The van der Waals surface area contributed by atoms with E-state index in [2.05, 4.69) is 5.32 Å². The molecule has 2 rings (SSSR count). The molecular formula is C11H15N3O4. The SMILES string of the molecule is Nc1cc(NCC2(O)CCOC2)cc([N+](=O)[O-])c1. The van der Waals surface area contributed by atoms with Crippen LogP contribution in [-0.2, 0) is 4.74 Å². The van der Waals surface area contributed by atoms with Crippen LogP contribution in [-0.4, -0.2) is 35.4 Å². The number of nitro benzene ring substituents is 1. The summed E-state index contributed by atoms with van der Waals surface area (Å²) in [5, 5.41) is 23.7. The second-order valence-corrected chi connectivity index (χ2v) is 4.45. The molecular weight excluding hydrogens is 238 g/mol. The van der Waals surface area contributed by atoms with E-state index in [1.165, 1.54) is 12.1 Å². The number of nitrogens with zero attached hydrogens (tertiary/aromatic N) is 1. The van der Waals surface area contributed by atoms with Crippen LogP contribution >= 0.6 is 0 Å². The quantitative estimate of drug-likeness (QED) is 0.414. The molecule has 0 bridgehead atoms. The van der Waals surface area contributed by atoms with Crippen molar-refractivity contribution in [3.63, 3.8) is 0 Å². The molecule has 1 aliphatic heterocycles. The molecule has 0 saturated carbocycles. The van der Waals surface area contributed by atoms with Crippen LogP contribution in [0.25, 0.3) is 0 Å². The zero-order valence-corrected chi connectivity index (χ0v) is 9.76. The number of nitrogens with one attached hydrogen (secondary N) is 1. The third kappa shape index (κ3) is 2.88. The smallest absolute Gasteiger partial charge is 0.273 e. The molecule has 0 spiro atoms. The Bertz CT molecular complexity index is 458. The van der Waals surface area contributed by atoms with Crippen LogP contribution in [0.15, 0.2) is 18.2 Å². The number of rotatable bonds is 4. The van der Waals surface area contributed by atoms with Crippen molar-refractivity contribution < 1.29 is 14.8 Å². The van der Waals surface area contributed by atoms with Gasteiger partial charge in [-0.15, -0.1) is 0 Å². The normalized spacial score (nSPS) is 22.9. The lowest BCUT2D eigenvalue weighted by atomic mass is 10.0. The van der Waals surface area contributed by atoms with E-state index < -0.39 is 10.5 Å². The molecule has 1 saturated heterocycles. The highest BCUT2D eigenvalue weighted by Crippen LogP contribution is 2.24. The topological polar surface area (TPSA) is 111 Å². The maximum Gasteiger partial charge on any atom is 0.273 e. The van der Waals surface area contributed by atoms with Crippen LogP contribution in [0, 0.1) is 10.1 Å². The molecule has 1 fully saturated rings. The van der Waals surface area contributed by atoms with E-state index >= 15 is 0 Å². The summed E-state index contributed by atoms with van der Waals surface area (Å²) in [6, 6.07) is 4.26. The van der Waals surface area contributed by atoms with Crippen molar-refractivity contribution >= 4 is 17.1 Å². The number of hydrogen-bond donors (Lipinski definition) is 3. The van der Waals surface area contributed by atoms with Crippen LogP contribution in [0.3, 0.4) is 0 Å². The number of anilines is 2.